The number of rotatable bonds is 4. The highest BCUT2D eigenvalue weighted by molar-refractivity contribution is 5.78. The fraction of sp³-hybridized carbons (Fsp3) is 0.588. The molecule has 1 aliphatic carbocycles. The summed E-state index contributed by atoms with van der Waals surface area (Å²) in [6, 6.07) is 10.2. The van der Waals surface area contributed by atoms with Crippen LogP contribution in [0.5, 0.6) is 0 Å². The molecular weight excluding hydrogens is 248 g/mol. The van der Waals surface area contributed by atoms with Crippen LogP contribution >= 0.6 is 0 Å². The van der Waals surface area contributed by atoms with Crippen LogP contribution in [-0.2, 0) is 4.79 Å². The fourth-order valence-electron chi connectivity index (χ4n) is 2.78. The van der Waals surface area contributed by atoms with Crippen molar-refractivity contribution in [1.29, 1.82) is 0 Å². The maximum absolute atomic E-state index is 12.3. The molecule has 1 aromatic rings. The summed E-state index contributed by atoms with van der Waals surface area (Å²) in [5.74, 6) is 0.0657. The zero-order chi connectivity index (χ0) is 14.8. The topological polar surface area (TPSA) is 55.1 Å². The molecule has 0 bridgehead atoms. The standard InChI is InChI=1S/C17H26N2O/c1-16(2,3)15(13-8-5-4-6-9-13)19-14(20)12-17(18)10-7-11-17/h4-6,8-9,15H,7,10-12,18H2,1-3H3,(H,19,20). The molecule has 110 valence electrons. The number of hydrogen-bond acceptors (Lipinski definition) is 2. The predicted octanol–water partition coefficient (Wildman–Crippen LogP) is 3.16. The molecule has 0 aliphatic heterocycles. The normalized spacial score (nSPS) is 19.0. The monoisotopic (exact) mass is 274 g/mol. The zero-order valence-corrected chi connectivity index (χ0v) is 12.8. The summed E-state index contributed by atoms with van der Waals surface area (Å²) in [6.45, 7) is 6.44. The molecule has 3 N–H and O–H groups in total. The molecule has 1 unspecified atom stereocenters. The van der Waals surface area contributed by atoms with Crippen molar-refractivity contribution in [2.45, 2.75) is 58.0 Å². The van der Waals surface area contributed by atoms with Crippen LogP contribution in [0.2, 0.25) is 0 Å². The van der Waals surface area contributed by atoms with Gasteiger partial charge in [0.2, 0.25) is 5.91 Å². The third-order valence-corrected chi connectivity index (χ3v) is 4.17. The second kappa shape index (κ2) is 5.57. The summed E-state index contributed by atoms with van der Waals surface area (Å²) < 4.78 is 0. The van der Waals surface area contributed by atoms with E-state index in [1.165, 1.54) is 0 Å². The van der Waals surface area contributed by atoms with E-state index in [2.05, 4.69) is 38.2 Å². The summed E-state index contributed by atoms with van der Waals surface area (Å²) in [7, 11) is 0. The van der Waals surface area contributed by atoms with E-state index in [0.717, 1.165) is 24.8 Å². The van der Waals surface area contributed by atoms with E-state index in [9.17, 15) is 4.79 Å². The van der Waals surface area contributed by atoms with Gasteiger partial charge in [0.25, 0.3) is 0 Å². The van der Waals surface area contributed by atoms with Crippen LogP contribution in [0.3, 0.4) is 0 Å². The smallest absolute Gasteiger partial charge is 0.222 e. The Bertz CT molecular complexity index is 458. The van der Waals surface area contributed by atoms with Gasteiger partial charge in [0.15, 0.2) is 0 Å². The molecule has 0 saturated heterocycles. The first kappa shape index (κ1) is 15.0. The van der Waals surface area contributed by atoms with Crippen LogP contribution in [0.1, 0.15) is 58.1 Å². The van der Waals surface area contributed by atoms with Gasteiger partial charge in [-0.1, -0.05) is 51.1 Å². The summed E-state index contributed by atoms with van der Waals surface area (Å²) >= 11 is 0. The molecule has 1 atom stereocenters. The lowest BCUT2D eigenvalue weighted by Crippen LogP contribution is -2.51. The van der Waals surface area contributed by atoms with E-state index in [1.54, 1.807) is 0 Å². The molecule has 1 saturated carbocycles. The van der Waals surface area contributed by atoms with Gasteiger partial charge in [-0.15, -0.1) is 0 Å². The molecule has 3 nitrogen and oxygen atoms in total. The molecule has 20 heavy (non-hydrogen) atoms. The van der Waals surface area contributed by atoms with Crippen LogP contribution in [0.4, 0.5) is 0 Å². The Kier molecular flexibility index (Phi) is 4.19. The van der Waals surface area contributed by atoms with Crippen LogP contribution in [0.25, 0.3) is 0 Å². The van der Waals surface area contributed by atoms with Crippen LogP contribution < -0.4 is 11.1 Å². The lowest BCUT2D eigenvalue weighted by atomic mass is 9.75. The lowest BCUT2D eigenvalue weighted by Gasteiger charge is -2.39. The number of amides is 1. The SMILES string of the molecule is CC(C)(C)C(NC(=O)CC1(N)CCC1)c1ccccc1. The third kappa shape index (κ3) is 3.60. The van der Waals surface area contributed by atoms with Gasteiger partial charge in [-0.25, -0.2) is 0 Å². The summed E-state index contributed by atoms with van der Waals surface area (Å²) in [5, 5.41) is 3.18. The van der Waals surface area contributed by atoms with Gasteiger partial charge in [-0.2, -0.15) is 0 Å². The van der Waals surface area contributed by atoms with Crippen molar-refractivity contribution < 1.29 is 4.79 Å². The molecule has 0 heterocycles. The second-order valence-electron chi connectivity index (χ2n) is 7.17. The van der Waals surface area contributed by atoms with E-state index >= 15 is 0 Å². The summed E-state index contributed by atoms with van der Waals surface area (Å²) in [6.07, 6.45) is 3.51. The highest BCUT2D eigenvalue weighted by Gasteiger charge is 2.36. The highest BCUT2D eigenvalue weighted by atomic mass is 16.1. The van der Waals surface area contributed by atoms with Crippen molar-refractivity contribution in [1.82, 2.24) is 5.32 Å². The minimum absolute atomic E-state index is 0.0138. The van der Waals surface area contributed by atoms with Crippen molar-refractivity contribution >= 4 is 5.91 Å². The van der Waals surface area contributed by atoms with Crippen molar-refractivity contribution in [3.05, 3.63) is 35.9 Å². The zero-order valence-electron chi connectivity index (χ0n) is 12.8. The third-order valence-electron chi connectivity index (χ3n) is 4.17. The molecule has 0 spiro atoms. The van der Waals surface area contributed by atoms with E-state index < -0.39 is 0 Å². The Morgan fingerprint density at radius 2 is 1.90 bits per heavy atom. The molecule has 0 radical (unpaired) electrons. The molecule has 1 amide bonds. The number of carbonyl (C=O) groups is 1. The Morgan fingerprint density at radius 3 is 2.35 bits per heavy atom. The maximum Gasteiger partial charge on any atom is 0.222 e. The minimum Gasteiger partial charge on any atom is -0.349 e. The first-order valence-corrected chi connectivity index (χ1v) is 7.43. The van der Waals surface area contributed by atoms with Crippen LogP contribution in [0.15, 0.2) is 30.3 Å². The van der Waals surface area contributed by atoms with E-state index in [0.29, 0.717) is 6.42 Å². The van der Waals surface area contributed by atoms with E-state index in [1.807, 2.05) is 18.2 Å². The molecule has 3 heteroatoms. The van der Waals surface area contributed by atoms with Gasteiger partial charge in [-0.05, 0) is 30.2 Å². The Labute approximate surface area is 121 Å². The van der Waals surface area contributed by atoms with Gasteiger partial charge >= 0.3 is 0 Å². The number of hydrogen-bond donors (Lipinski definition) is 2. The number of carbonyl (C=O) groups excluding carboxylic acids is 1. The second-order valence-corrected chi connectivity index (χ2v) is 7.17. The van der Waals surface area contributed by atoms with E-state index in [4.69, 9.17) is 5.73 Å². The average molecular weight is 274 g/mol. The number of benzene rings is 1. The molecule has 0 aromatic heterocycles. The largest absolute Gasteiger partial charge is 0.349 e. The fourth-order valence-corrected chi connectivity index (χ4v) is 2.78. The van der Waals surface area contributed by atoms with Gasteiger partial charge in [0, 0.05) is 12.0 Å². The van der Waals surface area contributed by atoms with Crippen LogP contribution in [0, 0.1) is 5.41 Å². The Balaban J connectivity index is 2.07. The average Bonchev–Trinajstić information content (AvgIpc) is 2.34. The van der Waals surface area contributed by atoms with Gasteiger partial charge in [0.1, 0.15) is 0 Å². The number of nitrogens with two attached hydrogens (primary N) is 1. The quantitative estimate of drug-likeness (QED) is 0.886. The molecule has 1 aromatic carbocycles. The maximum atomic E-state index is 12.3. The number of nitrogens with one attached hydrogen (secondary N) is 1. The summed E-state index contributed by atoms with van der Waals surface area (Å²) in [5.41, 5.74) is 7.02. The molecular formula is C17H26N2O. The summed E-state index contributed by atoms with van der Waals surface area (Å²) in [4.78, 5) is 12.3. The highest BCUT2D eigenvalue weighted by Crippen LogP contribution is 2.35. The van der Waals surface area contributed by atoms with Crippen molar-refractivity contribution in [3.8, 4) is 0 Å². The minimum atomic E-state index is -0.261. The Morgan fingerprint density at radius 1 is 1.30 bits per heavy atom. The van der Waals surface area contributed by atoms with Crippen LogP contribution in [-0.4, -0.2) is 11.4 Å². The molecule has 1 aliphatic rings. The van der Waals surface area contributed by atoms with Crippen molar-refractivity contribution in [2.75, 3.05) is 0 Å². The van der Waals surface area contributed by atoms with Gasteiger partial charge in [0.05, 0.1) is 6.04 Å². The first-order chi connectivity index (χ1) is 9.30. The first-order valence-electron chi connectivity index (χ1n) is 7.43. The van der Waals surface area contributed by atoms with Crippen molar-refractivity contribution in [3.63, 3.8) is 0 Å². The van der Waals surface area contributed by atoms with E-state index in [-0.39, 0.29) is 22.9 Å². The molecule has 1 fully saturated rings. The van der Waals surface area contributed by atoms with Crippen molar-refractivity contribution in [2.24, 2.45) is 11.1 Å². The van der Waals surface area contributed by atoms with Gasteiger partial charge < -0.3 is 11.1 Å². The lowest BCUT2D eigenvalue weighted by molar-refractivity contribution is -0.124. The van der Waals surface area contributed by atoms with Gasteiger partial charge in [-0.3, -0.25) is 4.79 Å². The predicted molar refractivity (Wildman–Crippen MR) is 82.2 cm³/mol. The Hall–Kier alpha value is -1.35. The molecule has 2 rings (SSSR count).